The van der Waals surface area contributed by atoms with E-state index in [1.165, 1.54) is 48.1 Å². The maximum Gasteiger partial charge on any atom is 0.0594 e. The largest absolute Gasteiger partial charge is 0.379 e. The molecule has 1 N–H and O–H groups in total. The summed E-state index contributed by atoms with van der Waals surface area (Å²) in [5, 5.41) is 3.55. The first-order valence-electron chi connectivity index (χ1n) is 7.09. The molecule has 98 valence electrons. The summed E-state index contributed by atoms with van der Waals surface area (Å²) in [6, 6.07) is 10.8. The van der Waals surface area contributed by atoms with Crippen LogP contribution in [0.5, 0.6) is 0 Å². The number of aryl methyl sites for hydroxylation is 2. The van der Waals surface area contributed by atoms with Crippen molar-refractivity contribution in [3.8, 4) is 0 Å². The summed E-state index contributed by atoms with van der Waals surface area (Å²) < 4.78 is 0. The Morgan fingerprint density at radius 2 is 2.00 bits per heavy atom. The Balaban J connectivity index is 1.75. The Kier molecular flexibility index (Phi) is 3.49. The standard InChI is InChI=1S/C17H20N2/c1-13-9-10-15(18-11-13)12-19-17-8-4-6-14-5-2-3-7-16(14)17/h4,6,8-11,19H,2-3,5,7,12H2,1H3. The molecule has 2 heteroatoms. The topological polar surface area (TPSA) is 24.9 Å². The maximum atomic E-state index is 4.44. The summed E-state index contributed by atoms with van der Waals surface area (Å²) in [5.74, 6) is 0. The quantitative estimate of drug-likeness (QED) is 0.896. The predicted molar refractivity (Wildman–Crippen MR) is 79.4 cm³/mol. The number of pyridine rings is 1. The Hall–Kier alpha value is -1.83. The molecule has 0 atom stereocenters. The molecular weight excluding hydrogens is 232 g/mol. The number of nitrogens with zero attached hydrogens (tertiary/aromatic N) is 1. The van der Waals surface area contributed by atoms with Crippen LogP contribution in [0.25, 0.3) is 0 Å². The minimum Gasteiger partial charge on any atom is -0.379 e. The third-order valence-electron chi connectivity index (χ3n) is 3.83. The third-order valence-corrected chi connectivity index (χ3v) is 3.83. The second kappa shape index (κ2) is 5.43. The fourth-order valence-electron chi connectivity index (χ4n) is 2.74. The summed E-state index contributed by atoms with van der Waals surface area (Å²) in [7, 11) is 0. The van der Waals surface area contributed by atoms with Gasteiger partial charge in [0.15, 0.2) is 0 Å². The lowest BCUT2D eigenvalue weighted by atomic mass is 9.90. The molecule has 1 aliphatic carbocycles. The second-order valence-corrected chi connectivity index (χ2v) is 5.33. The number of hydrogen-bond acceptors (Lipinski definition) is 2. The van der Waals surface area contributed by atoms with Crippen LogP contribution in [-0.2, 0) is 19.4 Å². The molecule has 19 heavy (non-hydrogen) atoms. The van der Waals surface area contributed by atoms with Gasteiger partial charge < -0.3 is 5.32 Å². The van der Waals surface area contributed by atoms with E-state index in [0.29, 0.717) is 0 Å². The van der Waals surface area contributed by atoms with Crippen molar-refractivity contribution in [2.75, 3.05) is 5.32 Å². The molecule has 1 aromatic carbocycles. The van der Waals surface area contributed by atoms with Gasteiger partial charge in [0.05, 0.1) is 12.2 Å². The minimum absolute atomic E-state index is 0.802. The third kappa shape index (κ3) is 2.78. The molecule has 0 radical (unpaired) electrons. The number of anilines is 1. The van der Waals surface area contributed by atoms with Gasteiger partial charge >= 0.3 is 0 Å². The smallest absolute Gasteiger partial charge is 0.0594 e. The lowest BCUT2D eigenvalue weighted by Gasteiger charge is -2.20. The lowest BCUT2D eigenvalue weighted by Crippen LogP contribution is -2.09. The minimum atomic E-state index is 0.802. The van der Waals surface area contributed by atoms with E-state index in [9.17, 15) is 0 Å². The molecule has 0 saturated heterocycles. The van der Waals surface area contributed by atoms with Crippen molar-refractivity contribution < 1.29 is 0 Å². The van der Waals surface area contributed by atoms with Gasteiger partial charge in [-0.2, -0.15) is 0 Å². The molecular formula is C17H20N2. The van der Waals surface area contributed by atoms with Crippen molar-refractivity contribution in [2.45, 2.75) is 39.2 Å². The highest BCUT2D eigenvalue weighted by molar-refractivity contribution is 5.55. The fraction of sp³-hybridized carbons (Fsp3) is 0.353. The van der Waals surface area contributed by atoms with E-state index in [4.69, 9.17) is 0 Å². The van der Waals surface area contributed by atoms with Gasteiger partial charge in [-0.3, -0.25) is 4.98 Å². The van der Waals surface area contributed by atoms with Gasteiger partial charge in [-0.05, 0) is 61.4 Å². The Morgan fingerprint density at radius 1 is 1.11 bits per heavy atom. The molecule has 1 heterocycles. The van der Waals surface area contributed by atoms with E-state index < -0.39 is 0 Å². The molecule has 2 aromatic rings. The number of aromatic nitrogens is 1. The van der Waals surface area contributed by atoms with Gasteiger partial charge in [-0.25, -0.2) is 0 Å². The zero-order valence-corrected chi connectivity index (χ0v) is 11.4. The summed E-state index contributed by atoms with van der Waals surface area (Å²) in [6.45, 7) is 2.87. The number of benzene rings is 1. The van der Waals surface area contributed by atoms with E-state index in [-0.39, 0.29) is 0 Å². The van der Waals surface area contributed by atoms with Crippen molar-refractivity contribution >= 4 is 5.69 Å². The van der Waals surface area contributed by atoms with Crippen molar-refractivity contribution in [3.63, 3.8) is 0 Å². The van der Waals surface area contributed by atoms with Crippen LogP contribution in [0, 0.1) is 6.92 Å². The molecule has 0 aliphatic heterocycles. The monoisotopic (exact) mass is 252 g/mol. The number of rotatable bonds is 3. The fourth-order valence-corrected chi connectivity index (χ4v) is 2.74. The molecule has 0 amide bonds. The van der Waals surface area contributed by atoms with E-state index in [2.05, 4.69) is 47.6 Å². The molecule has 1 aliphatic rings. The highest BCUT2D eigenvalue weighted by Gasteiger charge is 2.12. The highest BCUT2D eigenvalue weighted by atomic mass is 14.9. The van der Waals surface area contributed by atoms with E-state index in [0.717, 1.165) is 12.2 Å². The van der Waals surface area contributed by atoms with Crippen LogP contribution in [-0.4, -0.2) is 4.98 Å². The molecule has 1 aromatic heterocycles. The molecule has 0 fully saturated rings. The Labute approximate surface area is 114 Å². The Bertz CT molecular complexity index is 558. The van der Waals surface area contributed by atoms with Crippen molar-refractivity contribution in [3.05, 3.63) is 58.9 Å². The van der Waals surface area contributed by atoms with Crippen LogP contribution in [0.1, 0.15) is 35.2 Å². The van der Waals surface area contributed by atoms with Gasteiger partial charge in [-0.15, -0.1) is 0 Å². The van der Waals surface area contributed by atoms with Crippen molar-refractivity contribution in [1.29, 1.82) is 0 Å². The van der Waals surface area contributed by atoms with Crippen LogP contribution in [0.4, 0.5) is 5.69 Å². The molecule has 0 saturated carbocycles. The van der Waals surface area contributed by atoms with Crippen LogP contribution in [0.3, 0.4) is 0 Å². The Morgan fingerprint density at radius 3 is 2.84 bits per heavy atom. The maximum absolute atomic E-state index is 4.44. The van der Waals surface area contributed by atoms with Gasteiger partial charge in [0.2, 0.25) is 0 Å². The molecule has 0 bridgehead atoms. The van der Waals surface area contributed by atoms with E-state index in [1.807, 2.05) is 6.20 Å². The summed E-state index contributed by atoms with van der Waals surface area (Å²) >= 11 is 0. The van der Waals surface area contributed by atoms with Gasteiger partial charge in [0.1, 0.15) is 0 Å². The molecule has 0 spiro atoms. The van der Waals surface area contributed by atoms with Crippen LogP contribution < -0.4 is 5.32 Å². The van der Waals surface area contributed by atoms with Crippen molar-refractivity contribution in [1.82, 2.24) is 4.98 Å². The first kappa shape index (κ1) is 12.2. The van der Waals surface area contributed by atoms with Gasteiger partial charge in [-0.1, -0.05) is 18.2 Å². The van der Waals surface area contributed by atoms with Crippen LogP contribution >= 0.6 is 0 Å². The van der Waals surface area contributed by atoms with Crippen LogP contribution in [0.15, 0.2) is 36.5 Å². The number of hydrogen-bond donors (Lipinski definition) is 1. The van der Waals surface area contributed by atoms with Gasteiger partial charge in [0.25, 0.3) is 0 Å². The summed E-state index contributed by atoms with van der Waals surface area (Å²) in [6.07, 6.45) is 7.01. The molecule has 0 unspecified atom stereocenters. The average molecular weight is 252 g/mol. The SMILES string of the molecule is Cc1ccc(CNc2cccc3c2CCCC3)nc1. The molecule has 3 rings (SSSR count). The zero-order valence-electron chi connectivity index (χ0n) is 11.4. The first-order valence-corrected chi connectivity index (χ1v) is 7.09. The van der Waals surface area contributed by atoms with E-state index in [1.54, 1.807) is 0 Å². The van der Waals surface area contributed by atoms with E-state index >= 15 is 0 Å². The first-order chi connectivity index (χ1) is 9.33. The highest BCUT2D eigenvalue weighted by Crippen LogP contribution is 2.28. The average Bonchev–Trinajstić information content (AvgIpc) is 2.47. The zero-order chi connectivity index (χ0) is 13.1. The summed E-state index contributed by atoms with van der Waals surface area (Å²) in [5.41, 5.74) is 6.63. The number of fused-ring (bicyclic) bond motifs is 1. The second-order valence-electron chi connectivity index (χ2n) is 5.33. The summed E-state index contributed by atoms with van der Waals surface area (Å²) in [4.78, 5) is 4.44. The van der Waals surface area contributed by atoms with Gasteiger partial charge in [0, 0.05) is 11.9 Å². The van der Waals surface area contributed by atoms with Crippen molar-refractivity contribution in [2.24, 2.45) is 0 Å². The van der Waals surface area contributed by atoms with Crippen LogP contribution in [0.2, 0.25) is 0 Å². The predicted octanol–water partition coefficient (Wildman–Crippen LogP) is 3.88. The molecule has 2 nitrogen and oxygen atoms in total. The lowest BCUT2D eigenvalue weighted by molar-refractivity contribution is 0.686. The normalized spacial score (nSPS) is 13.9. The number of nitrogens with one attached hydrogen (secondary N) is 1.